The second-order valence-electron chi connectivity index (χ2n) is 5.96. The lowest BCUT2D eigenvalue weighted by Gasteiger charge is -2.32. The van der Waals surface area contributed by atoms with E-state index in [1.54, 1.807) is 17.0 Å². The number of rotatable bonds is 2. The Kier molecular flexibility index (Phi) is 4.22. The number of nitrogens with zero attached hydrogens (tertiary/aromatic N) is 2. The zero-order valence-electron chi connectivity index (χ0n) is 12.4. The van der Waals surface area contributed by atoms with E-state index in [0.717, 1.165) is 44.7 Å². The van der Waals surface area contributed by atoms with Gasteiger partial charge in [-0.3, -0.25) is 9.69 Å². The van der Waals surface area contributed by atoms with Crippen molar-refractivity contribution in [3.63, 3.8) is 0 Å². The lowest BCUT2D eigenvalue weighted by atomic mass is 10.1. The first-order chi connectivity index (χ1) is 10.1. The summed E-state index contributed by atoms with van der Waals surface area (Å²) in [5.74, 6) is -0.587. The molecule has 0 bridgehead atoms. The van der Waals surface area contributed by atoms with Gasteiger partial charge in [0.15, 0.2) is 0 Å². The van der Waals surface area contributed by atoms with Gasteiger partial charge in [0.1, 0.15) is 5.82 Å². The fourth-order valence-electron chi connectivity index (χ4n) is 3.24. The van der Waals surface area contributed by atoms with Crippen LogP contribution in [0, 0.1) is 12.7 Å². The van der Waals surface area contributed by atoms with Crippen LogP contribution < -0.4 is 5.32 Å². The maximum absolute atomic E-state index is 13.9. The molecule has 5 heteroatoms. The Morgan fingerprint density at radius 2 is 2.05 bits per heavy atom. The highest BCUT2D eigenvalue weighted by molar-refractivity contribution is 5.94. The zero-order chi connectivity index (χ0) is 14.8. The van der Waals surface area contributed by atoms with Crippen molar-refractivity contribution in [1.82, 2.24) is 15.1 Å². The molecule has 3 rings (SSSR count). The standard InChI is InChI=1S/C16H22FN3O/c1-12-2-3-14(15(17)10-12)16(21)20-7-4-13(11-20)19-8-5-18-6-9-19/h2-3,10,13,18H,4-9,11H2,1H3. The predicted molar refractivity (Wildman–Crippen MR) is 79.9 cm³/mol. The summed E-state index contributed by atoms with van der Waals surface area (Å²) < 4.78 is 13.9. The molecule has 2 fully saturated rings. The molecule has 1 aromatic rings. The van der Waals surface area contributed by atoms with Crippen molar-refractivity contribution < 1.29 is 9.18 Å². The molecular formula is C16H22FN3O. The molecule has 0 spiro atoms. The molecule has 1 amide bonds. The van der Waals surface area contributed by atoms with Crippen LogP contribution >= 0.6 is 0 Å². The van der Waals surface area contributed by atoms with Gasteiger partial charge in [-0.2, -0.15) is 0 Å². The average Bonchev–Trinajstić information content (AvgIpc) is 2.97. The Balaban J connectivity index is 1.66. The van der Waals surface area contributed by atoms with Crippen LogP contribution in [0.4, 0.5) is 4.39 Å². The molecule has 4 nitrogen and oxygen atoms in total. The summed E-state index contributed by atoms with van der Waals surface area (Å²) in [5, 5.41) is 3.34. The summed E-state index contributed by atoms with van der Waals surface area (Å²) >= 11 is 0. The van der Waals surface area contributed by atoms with Crippen LogP contribution in [0.2, 0.25) is 0 Å². The molecule has 1 unspecified atom stereocenters. The number of carbonyl (C=O) groups excluding carboxylic acids is 1. The Morgan fingerprint density at radius 1 is 1.29 bits per heavy atom. The summed E-state index contributed by atoms with van der Waals surface area (Å²) in [5.41, 5.74) is 1.03. The second kappa shape index (κ2) is 6.12. The summed E-state index contributed by atoms with van der Waals surface area (Å²) in [7, 11) is 0. The van der Waals surface area contributed by atoms with Crippen LogP contribution in [0.15, 0.2) is 18.2 Å². The molecule has 21 heavy (non-hydrogen) atoms. The van der Waals surface area contributed by atoms with Crippen molar-refractivity contribution in [3.8, 4) is 0 Å². The van der Waals surface area contributed by atoms with Crippen molar-refractivity contribution in [1.29, 1.82) is 0 Å². The molecule has 114 valence electrons. The summed E-state index contributed by atoms with van der Waals surface area (Å²) in [6.45, 7) is 7.35. The Labute approximate surface area is 124 Å². The minimum absolute atomic E-state index is 0.176. The fourth-order valence-corrected chi connectivity index (χ4v) is 3.24. The number of benzene rings is 1. The quantitative estimate of drug-likeness (QED) is 0.891. The van der Waals surface area contributed by atoms with Crippen molar-refractivity contribution in [2.24, 2.45) is 0 Å². The van der Waals surface area contributed by atoms with E-state index in [1.807, 2.05) is 6.92 Å². The molecule has 2 heterocycles. The van der Waals surface area contributed by atoms with Crippen molar-refractivity contribution in [2.45, 2.75) is 19.4 Å². The first-order valence-electron chi connectivity index (χ1n) is 7.65. The molecule has 1 N–H and O–H groups in total. The summed E-state index contributed by atoms with van der Waals surface area (Å²) in [4.78, 5) is 16.7. The van der Waals surface area contributed by atoms with Crippen molar-refractivity contribution in [3.05, 3.63) is 35.1 Å². The lowest BCUT2D eigenvalue weighted by Crippen LogP contribution is -2.49. The smallest absolute Gasteiger partial charge is 0.256 e. The van der Waals surface area contributed by atoms with Crippen molar-refractivity contribution in [2.75, 3.05) is 39.3 Å². The van der Waals surface area contributed by atoms with Gasteiger partial charge < -0.3 is 10.2 Å². The first kappa shape index (κ1) is 14.5. The van der Waals surface area contributed by atoms with Crippen LogP contribution in [0.5, 0.6) is 0 Å². The van der Waals surface area contributed by atoms with Gasteiger partial charge in [0.2, 0.25) is 0 Å². The molecule has 0 radical (unpaired) electrons. The predicted octanol–water partition coefficient (Wildman–Crippen LogP) is 1.25. The Morgan fingerprint density at radius 3 is 2.76 bits per heavy atom. The maximum Gasteiger partial charge on any atom is 0.256 e. The molecule has 2 aliphatic rings. The third-order valence-corrected chi connectivity index (χ3v) is 4.47. The molecule has 0 aliphatic carbocycles. The molecule has 2 saturated heterocycles. The third kappa shape index (κ3) is 3.09. The van der Waals surface area contributed by atoms with E-state index < -0.39 is 5.82 Å². The van der Waals surface area contributed by atoms with E-state index in [4.69, 9.17) is 0 Å². The van der Waals surface area contributed by atoms with E-state index in [-0.39, 0.29) is 11.5 Å². The highest BCUT2D eigenvalue weighted by Crippen LogP contribution is 2.20. The number of halogens is 1. The largest absolute Gasteiger partial charge is 0.337 e. The molecule has 1 atom stereocenters. The van der Waals surface area contributed by atoms with E-state index >= 15 is 0 Å². The summed E-state index contributed by atoms with van der Waals surface area (Å²) in [6, 6.07) is 5.24. The topological polar surface area (TPSA) is 35.6 Å². The number of nitrogens with one attached hydrogen (secondary N) is 1. The van der Waals surface area contributed by atoms with E-state index in [1.165, 1.54) is 6.07 Å². The van der Waals surface area contributed by atoms with Crippen LogP contribution in [0.3, 0.4) is 0 Å². The Bertz CT molecular complexity index is 528. The Hall–Kier alpha value is -1.46. The minimum Gasteiger partial charge on any atom is -0.337 e. The SMILES string of the molecule is Cc1ccc(C(=O)N2CCC(N3CCNCC3)C2)c(F)c1. The number of hydrogen-bond acceptors (Lipinski definition) is 3. The van der Waals surface area contributed by atoms with Crippen LogP contribution in [0.1, 0.15) is 22.3 Å². The van der Waals surface area contributed by atoms with Gasteiger partial charge in [-0.05, 0) is 31.0 Å². The third-order valence-electron chi connectivity index (χ3n) is 4.47. The van der Waals surface area contributed by atoms with Gasteiger partial charge in [0, 0.05) is 45.3 Å². The highest BCUT2D eigenvalue weighted by Gasteiger charge is 2.32. The molecule has 1 aromatic carbocycles. The molecular weight excluding hydrogens is 269 g/mol. The monoisotopic (exact) mass is 291 g/mol. The summed E-state index contributed by atoms with van der Waals surface area (Å²) in [6.07, 6.45) is 0.985. The zero-order valence-corrected chi connectivity index (χ0v) is 12.4. The van der Waals surface area contributed by atoms with Gasteiger partial charge in [-0.15, -0.1) is 0 Å². The number of hydrogen-bond donors (Lipinski definition) is 1. The van der Waals surface area contributed by atoms with Gasteiger partial charge in [0.25, 0.3) is 5.91 Å². The van der Waals surface area contributed by atoms with E-state index in [2.05, 4.69) is 10.2 Å². The number of amides is 1. The second-order valence-corrected chi connectivity index (χ2v) is 5.96. The number of likely N-dealkylation sites (tertiary alicyclic amines) is 1. The maximum atomic E-state index is 13.9. The molecule has 0 saturated carbocycles. The van der Waals surface area contributed by atoms with E-state index in [9.17, 15) is 9.18 Å². The van der Waals surface area contributed by atoms with E-state index in [0.29, 0.717) is 12.6 Å². The van der Waals surface area contributed by atoms with Gasteiger partial charge in [-0.25, -0.2) is 4.39 Å². The molecule has 2 aliphatic heterocycles. The fraction of sp³-hybridized carbons (Fsp3) is 0.562. The number of aryl methyl sites for hydroxylation is 1. The average molecular weight is 291 g/mol. The highest BCUT2D eigenvalue weighted by atomic mass is 19.1. The lowest BCUT2D eigenvalue weighted by molar-refractivity contribution is 0.0769. The first-order valence-corrected chi connectivity index (χ1v) is 7.65. The van der Waals surface area contributed by atoms with Crippen molar-refractivity contribution >= 4 is 5.91 Å². The molecule has 0 aromatic heterocycles. The van der Waals surface area contributed by atoms with Gasteiger partial charge in [-0.1, -0.05) is 6.07 Å². The number of carbonyl (C=O) groups is 1. The normalized spacial score (nSPS) is 23.5. The minimum atomic E-state index is -0.411. The van der Waals surface area contributed by atoms with Crippen LogP contribution in [0.25, 0.3) is 0 Å². The van der Waals surface area contributed by atoms with Crippen LogP contribution in [-0.4, -0.2) is 61.0 Å². The van der Waals surface area contributed by atoms with Gasteiger partial charge >= 0.3 is 0 Å². The van der Waals surface area contributed by atoms with Crippen LogP contribution in [-0.2, 0) is 0 Å². The van der Waals surface area contributed by atoms with Gasteiger partial charge in [0.05, 0.1) is 5.56 Å². The number of piperazine rings is 1.